The summed E-state index contributed by atoms with van der Waals surface area (Å²) in [4.78, 5) is 2.31. The van der Waals surface area contributed by atoms with Gasteiger partial charge in [0.15, 0.2) is 0 Å². The first-order chi connectivity index (χ1) is 28.2. The fraction of sp³-hybridized carbons (Fsp3) is 0. The standard InChI is InChI=1S/C54H36N2O/c1-3-11-37(12-4-1)39-19-26-43(27-20-39)55(46-32-33-49-48-16-8-10-18-53(48)57-54(49)36-46)44-28-23-41(24-29-44)42-25-34-52-50(35-42)47-15-7-9-17-51(47)56(52)45-30-21-40(22-31-45)38-13-5-2-6-14-38/h1-36H. The Hall–Kier alpha value is -7.62. The van der Waals surface area contributed by atoms with Crippen LogP contribution in [0.25, 0.3) is 82.8 Å². The van der Waals surface area contributed by atoms with Gasteiger partial charge in [-0.15, -0.1) is 0 Å². The van der Waals surface area contributed by atoms with Gasteiger partial charge in [-0.25, -0.2) is 0 Å². The van der Waals surface area contributed by atoms with E-state index in [1.165, 1.54) is 49.6 Å². The number of hydrogen-bond acceptors (Lipinski definition) is 2. The number of rotatable bonds is 7. The summed E-state index contributed by atoms with van der Waals surface area (Å²) in [5.74, 6) is 0. The molecule has 0 aliphatic rings. The van der Waals surface area contributed by atoms with Crippen molar-refractivity contribution in [3.8, 4) is 39.1 Å². The van der Waals surface area contributed by atoms with Crippen molar-refractivity contribution in [2.24, 2.45) is 0 Å². The van der Waals surface area contributed by atoms with Crippen LogP contribution in [-0.4, -0.2) is 4.57 Å². The van der Waals surface area contributed by atoms with E-state index in [0.29, 0.717) is 0 Å². The van der Waals surface area contributed by atoms with Crippen LogP contribution in [0.2, 0.25) is 0 Å². The van der Waals surface area contributed by atoms with Crippen molar-refractivity contribution >= 4 is 60.8 Å². The molecule has 3 nitrogen and oxygen atoms in total. The molecular weight excluding hydrogens is 693 g/mol. The van der Waals surface area contributed by atoms with Crippen molar-refractivity contribution in [3.05, 3.63) is 218 Å². The zero-order valence-corrected chi connectivity index (χ0v) is 31.1. The first-order valence-corrected chi connectivity index (χ1v) is 19.4. The molecule has 0 spiro atoms. The average molecular weight is 729 g/mol. The maximum atomic E-state index is 6.36. The maximum absolute atomic E-state index is 6.36. The largest absolute Gasteiger partial charge is 0.456 e. The molecule has 0 aliphatic carbocycles. The Morgan fingerprint density at radius 2 is 0.772 bits per heavy atom. The predicted octanol–water partition coefficient (Wildman–Crippen LogP) is 15.2. The van der Waals surface area contributed by atoms with Crippen LogP contribution in [0.5, 0.6) is 0 Å². The van der Waals surface area contributed by atoms with Gasteiger partial charge in [0, 0.05) is 50.4 Å². The van der Waals surface area contributed by atoms with Gasteiger partial charge in [0.2, 0.25) is 0 Å². The minimum absolute atomic E-state index is 0.871. The third-order valence-electron chi connectivity index (χ3n) is 11.2. The highest BCUT2D eigenvalue weighted by Crippen LogP contribution is 2.41. The molecule has 0 fully saturated rings. The van der Waals surface area contributed by atoms with Crippen LogP contribution >= 0.6 is 0 Å². The predicted molar refractivity (Wildman–Crippen MR) is 239 cm³/mol. The molecule has 0 atom stereocenters. The lowest BCUT2D eigenvalue weighted by Gasteiger charge is -2.26. The molecule has 0 saturated heterocycles. The van der Waals surface area contributed by atoms with Gasteiger partial charge in [0.1, 0.15) is 11.2 Å². The summed E-state index contributed by atoms with van der Waals surface area (Å²) in [5.41, 5.74) is 15.6. The van der Waals surface area contributed by atoms with Crippen molar-refractivity contribution in [3.63, 3.8) is 0 Å². The van der Waals surface area contributed by atoms with Crippen LogP contribution in [0.3, 0.4) is 0 Å². The molecule has 3 heteroatoms. The lowest BCUT2D eigenvalue weighted by atomic mass is 10.0. The number of para-hydroxylation sites is 2. The number of aromatic nitrogens is 1. The highest BCUT2D eigenvalue weighted by Gasteiger charge is 2.17. The topological polar surface area (TPSA) is 21.3 Å². The smallest absolute Gasteiger partial charge is 0.137 e. The number of benzene rings is 9. The fourth-order valence-electron chi connectivity index (χ4n) is 8.40. The minimum Gasteiger partial charge on any atom is -0.456 e. The number of anilines is 3. The summed E-state index contributed by atoms with van der Waals surface area (Å²) in [6.45, 7) is 0. The van der Waals surface area contributed by atoms with Crippen LogP contribution < -0.4 is 4.90 Å². The summed E-state index contributed by atoms with van der Waals surface area (Å²) in [5, 5.41) is 4.72. The van der Waals surface area contributed by atoms with Crippen LogP contribution in [0.4, 0.5) is 17.1 Å². The highest BCUT2D eigenvalue weighted by atomic mass is 16.3. The second kappa shape index (κ2) is 13.6. The number of furan rings is 1. The zero-order chi connectivity index (χ0) is 37.7. The Kier molecular flexibility index (Phi) is 7.82. The third-order valence-corrected chi connectivity index (χ3v) is 11.2. The molecule has 2 heterocycles. The monoisotopic (exact) mass is 728 g/mol. The third kappa shape index (κ3) is 5.76. The molecule has 0 aliphatic heterocycles. The van der Waals surface area contributed by atoms with E-state index in [2.05, 4.69) is 216 Å². The molecule has 0 unspecified atom stereocenters. The number of nitrogens with zero attached hydrogens (tertiary/aromatic N) is 2. The molecular formula is C54H36N2O. The van der Waals surface area contributed by atoms with Crippen molar-refractivity contribution in [1.29, 1.82) is 0 Å². The van der Waals surface area contributed by atoms with Crippen LogP contribution in [0.1, 0.15) is 0 Å². The second-order valence-corrected chi connectivity index (χ2v) is 14.6. The van der Waals surface area contributed by atoms with E-state index in [1.807, 2.05) is 12.1 Å². The minimum atomic E-state index is 0.871. The summed E-state index contributed by atoms with van der Waals surface area (Å²) >= 11 is 0. The van der Waals surface area contributed by atoms with Gasteiger partial charge in [-0.2, -0.15) is 0 Å². The quantitative estimate of drug-likeness (QED) is 0.163. The maximum Gasteiger partial charge on any atom is 0.137 e. The molecule has 0 amide bonds. The van der Waals surface area contributed by atoms with E-state index in [4.69, 9.17) is 4.42 Å². The van der Waals surface area contributed by atoms with E-state index < -0.39 is 0 Å². The summed E-state index contributed by atoms with van der Waals surface area (Å²) in [7, 11) is 0. The molecule has 0 saturated carbocycles. The Balaban J connectivity index is 0.977. The van der Waals surface area contributed by atoms with Crippen LogP contribution in [0.15, 0.2) is 223 Å². The molecule has 2 aromatic heterocycles. The van der Waals surface area contributed by atoms with Crippen LogP contribution in [0, 0.1) is 0 Å². The second-order valence-electron chi connectivity index (χ2n) is 14.6. The lowest BCUT2D eigenvalue weighted by Crippen LogP contribution is -2.09. The van der Waals surface area contributed by atoms with Crippen molar-refractivity contribution in [1.82, 2.24) is 4.57 Å². The van der Waals surface area contributed by atoms with E-state index in [0.717, 1.165) is 50.3 Å². The number of hydrogen-bond donors (Lipinski definition) is 0. The van der Waals surface area contributed by atoms with Gasteiger partial charge in [-0.3, -0.25) is 0 Å². The van der Waals surface area contributed by atoms with Gasteiger partial charge in [-0.05, 0) is 106 Å². The molecule has 9 aromatic carbocycles. The molecule has 0 bridgehead atoms. The highest BCUT2D eigenvalue weighted by molar-refractivity contribution is 6.10. The molecule has 11 aromatic rings. The normalized spacial score (nSPS) is 11.5. The zero-order valence-electron chi connectivity index (χ0n) is 31.1. The first-order valence-electron chi connectivity index (χ1n) is 19.4. The average Bonchev–Trinajstić information content (AvgIpc) is 3.83. The Labute approximate surface area is 330 Å². The molecule has 57 heavy (non-hydrogen) atoms. The van der Waals surface area contributed by atoms with Gasteiger partial charge in [0.25, 0.3) is 0 Å². The molecule has 0 radical (unpaired) electrons. The van der Waals surface area contributed by atoms with Crippen molar-refractivity contribution in [2.45, 2.75) is 0 Å². The Morgan fingerprint density at radius 1 is 0.298 bits per heavy atom. The SMILES string of the molecule is c1ccc(-c2ccc(N(c3ccc(-c4ccc5c(c4)c4ccccc4n5-c4ccc(-c5ccccc5)cc4)cc3)c3ccc4c(c3)oc3ccccc34)cc2)cc1. The van der Waals surface area contributed by atoms with Crippen molar-refractivity contribution < 1.29 is 4.42 Å². The number of fused-ring (bicyclic) bond motifs is 6. The molecule has 11 rings (SSSR count). The summed E-state index contributed by atoms with van der Waals surface area (Å²) in [6, 6.07) is 78.1. The van der Waals surface area contributed by atoms with Crippen LogP contribution in [-0.2, 0) is 0 Å². The van der Waals surface area contributed by atoms with Gasteiger partial charge in [-0.1, -0.05) is 140 Å². The van der Waals surface area contributed by atoms with Gasteiger partial charge < -0.3 is 13.9 Å². The molecule has 0 N–H and O–H groups in total. The lowest BCUT2D eigenvalue weighted by molar-refractivity contribution is 0.669. The fourth-order valence-corrected chi connectivity index (χ4v) is 8.40. The molecule has 268 valence electrons. The summed E-state index contributed by atoms with van der Waals surface area (Å²) in [6.07, 6.45) is 0. The van der Waals surface area contributed by atoms with E-state index in [-0.39, 0.29) is 0 Å². The Morgan fingerprint density at radius 3 is 1.44 bits per heavy atom. The van der Waals surface area contributed by atoms with E-state index in [9.17, 15) is 0 Å². The van der Waals surface area contributed by atoms with E-state index >= 15 is 0 Å². The van der Waals surface area contributed by atoms with E-state index in [1.54, 1.807) is 0 Å². The summed E-state index contributed by atoms with van der Waals surface area (Å²) < 4.78 is 8.74. The van der Waals surface area contributed by atoms with Gasteiger partial charge in [0.05, 0.1) is 11.0 Å². The first kappa shape index (κ1) is 32.8. The Bertz CT molecular complexity index is 3200. The van der Waals surface area contributed by atoms with Crippen molar-refractivity contribution in [2.75, 3.05) is 4.90 Å². The van der Waals surface area contributed by atoms with Gasteiger partial charge >= 0.3 is 0 Å².